The molecule has 150 valence electrons. The molecular weight excluding hydrogens is 427 g/mol. The van der Waals surface area contributed by atoms with Gasteiger partial charge in [0.05, 0.1) is 16.7 Å². The Bertz CT molecular complexity index is 1090. The fraction of sp³-hybridized carbons (Fsp3) is 0.118. The maximum absolute atomic E-state index is 12.0. The van der Waals surface area contributed by atoms with Crippen LogP contribution in [0.25, 0.3) is 0 Å². The molecule has 0 spiro atoms. The third-order valence-corrected chi connectivity index (χ3v) is 4.66. The van der Waals surface area contributed by atoms with Gasteiger partial charge in [-0.3, -0.25) is 15.0 Å². The van der Waals surface area contributed by atoms with Gasteiger partial charge in [0.15, 0.2) is 0 Å². The first-order chi connectivity index (χ1) is 13.8. The van der Waals surface area contributed by atoms with E-state index in [0.717, 1.165) is 18.5 Å². The number of hydrazone groups is 1. The van der Waals surface area contributed by atoms with E-state index in [4.69, 9.17) is 4.84 Å². The van der Waals surface area contributed by atoms with E-state index in [-0.39, 0.29) is 59.3 Å². The van der Waals surface area contributed by atoms with Crippen molar-refractivity contribution in [3.05, 3.63) is 53.7 Å². The molecule has 1 aromatic heterocycles. The number of hydroxylamine groups is 2. The van der Waals surface area contributed by atoms with Gasteiger partial charge in [0, 0.05) is 24.6 Å². The zero-order chi connectivity index (χ0) is 21.0. The van der Waals surface area contributed by atoms with Crippen LogP contribution < -0.4 is 35.0 Å². The number of rotatable bonds is 6. The molecule has 2 aromatic rings. The molecule has 1 fully saturated rings. The van der Waals surface area contributed by atoms with Crippen molar-refractivity contribution < 1.29 is 61.7 Å². The summed E-state index contributed by atoms with van der Waals surface area (Å²) >= 11 is 0. The zero-order valence-corrected chi connectivity index (χ0v) is 18.5. The van der Waals surface area contributed by atoms with E-state index in [9.17, 15) is 27.4 Å². The quantitative estimate of drug-likeness (QED) is 0.171. The Labute approximate surface area is 193 Å². The Kier molecular flexibility index (Phi) is 7.81. The zero-order valence-electron chi connectivity index (χ0n) is 15.6. The van der Waals surface area contributed by atoms with Gasteiger partial charge in [-0.2, -0.15) is 5.10 Å². The van der Waals surface area contributed by atoms with Gasteiger partial charge in [-0.1, -0.05) is 18.2 Å². The second-order valence-corrected chi connectivity index (χ2v) is 7.10. The van der Waals surface area contributed by atoms with Gasteiger partial charge in [-0.15, -0.1) is 5.06 Å². The van der Waals surface area contributed by atoms with Gasteiger partial charge >= 0.3 is 35.5 Å². The monoisotopic (exact) mass is 440 g/mol. The number of carbonyl (C=O) groups excluding carboxylic acids is 3. The molecule has 0 radical (unpaired) electrons. The molecule has 1 N–H and O–H groups in total. The van der Waals surface area contributed by atoms with E-state index in [1.54, 1.807) is 6.07 Å². The number of hydrogen-bond acceptors (Lipinski definition) is 10. The smallest absolute Gasteiger partial charge is 0.744 e. The average Bonchev–Trinajstić information content (AvgIpc) is 3.00. The number of amides is 2. The van der Waals surface area contributed by atoms with Crippen LogP contribution in [0.4, 0.5) is 5.82 Å². The second kappa shape index (κ2) is 9.91. The standard InChI is InChI=1S/C17H14N4O7S.Na/c22-15-7-8-16(23)21(15)28-17(24)12-5-6-14(18-9-12)20-19-10-11-3-1-2-4-13(11)29(25,26)27;/h1-6,9-10H,7-8H2,(H,18,20)(H,25,26,27);/q;+1/p-1/b19-10+;. The molecule has 13 heteroatoms. The summed E-state index contributed by atoms with van der Waals surface area (Å²) in [7, 11) is -4.65. The Hall–Kier alpha value is -2.64. The summed E-state index contributed by atoms with van der Waals surface area (Å²) in [6, 6.07) is 8.23. The van der Waals surface area contributed by atoms with Gasteiger partial charge < -0.3 is 9.39 Å². The van der Waals surface area contributed by atoms with E-state index < -0.39 is 32.8 Å². The summed E-state index contributed by atoms with van der Waals surface area (Å²) < 4.78 is 33.6. The van der Waals surface area contributed by atoms with Crippen LogP contribution in [-0.4, -0.2) is 47.0 Å². The molecule has 0 bridgehead atoms. The molecule has 2 amide bonds. The fourth-order valence-electron chi connectivity index (χ4n) is 2.36. The summed E-state index contributed by atoms with van der Waals surface area (Å²) in [6.45, 7) is 0. The topological polar surface area (TPSA) is 158 Å². The molecule has 1 saturated heterocycles. The van der Waals surface area contributed by atoms with Gasteiger partial charge in [0.2, 0.25) is 0 Å². The van der Waals surface area contributed by atoms with Crippen LogP contribution in [0.3, 0.4) is 0 Å². The molecule has 11 nitrogen and oxygen atoms in total. The molecule has 0 atom stereocenters. The molecule has 1 aliphatic rings. The van der Waals surface area contributed by atoms with E-state index in [1.807, 2.05) is 0 Å². The number of anilines is 1. The number of benzene rings is 1. The summed E-state index contributed by atoms with van der Waals surface area (Å²) in [6.07, 6.45) is 2.25. The van der Waals surface area contributed by atoms with E-state index in [1.165, 1.54) is 24.3 Å². The first-order valence-electron chi connectivity index (χ1n) is 8.14. The minimum Gasteiger partial charge on any atom is -0.744 e. The van der Waals surface area contributed by atoms with Crippen molar-refractivity contribution in [1.82, 2.24) is 10.0 Å². The summed E-state index contributed by atoms with van der Waals surface area (Å²) in [5, 5.41) is 4.24. The van der Waals surface area contributed by atoms with Crippen LogP contribution in [0.5, 0.6) is 0 Å². The third kappa shape index (κ3) is 5.70. The van der Waals surface area contributed by atoms with Crippen molar-refractivity contribution in [2.45, 2.75) is 17.7 Å². The Morgan fingerprint density at radius 2 is 1.83 bits per heavy atom. The SMILES string of the molecule is O=C(ON1C(=O)CCC1=O)c1ccc(N/N=C/c2ccccc2S(=O)(=O)[O-])nc1.[Na+]. The number of carbonyl (C=O) groups is 3. The molecule has 2 heterocycles. The summed E-state index contributed by atoms with van der Waals surface area (Å²) in [4.78, 5) is 43.2. The van der Waals surface area contributed by atoms with Crippen molar-refractivity contribution in [2.24, 2.45) is 5.10 Å². The molecule has 0 aliphatic carbocycles. The number of hydrogen-bond donors (Lipinski definition) is 1. The van der Waals surface area contributed by atoms with E-state index in [0.29, 0.717) is 5.06 Å². The molecule has 3 rings (SSSR count). The normalized spacial score (nSPS) is 14.0. The van der Waals surface area contributed by atoms with E-state index >= 15 is 0 Å². The van der Waals surface area contributed by atoms with Crippen LogP contribution in [0, 0.1) is 0 Å². The molecule has 30 heavy (non-hydrogen) atoms. The summed E-state index contributed by atoms with van der Waals surface area (Å²) in [5.74, 6) is -1.91. The maximum Gasteiger partial charge on any atom is 1.00 e. The van der Waals surface area contributed by atoms with Crippen LogP contribution in [0.2, 0.25) is 0 Å². The molecule has 1 aliphatic heterocycles. The van der Waals surface area contributed by atoms with Crippen LogP contribution in [-0.2, 0) is 24.5 Å². The van der Waals surface area contributed by atoms with Gasteiger partial charge in [-0.25, -0.2) is 18.2 Å². The van der Waals surface area contributed by atoms with E-state index in [2.05, 4.69) is 15.5 Å². The van der Waals surface area contributed by atoms with Gasteiger partial charge in [0.1, 0.15) is 15.9 Å². The molecular formula is C17H13N4NaO7S. The number of nitrogens with zero attached hydrogens (tertiary/aromatic N) is 3. The Balaban J connectivity index is 0.00000320. The van der Waals surface area contributed by atoms with Crippen molar-refractivity contribution in [2.75, 3.05) is 5.43 Å². The molecule has 0 saturated carbocycles. The summed E-state index contributed by atoms with van der Waals surface area (Å²) in [5.41, 5.74) is 2.60. The van der Waals surface area contributed by atoms with Crippen molar-refractivity contribution in [3.63, 3.8) is 0 Å². The fourth-order valence-corrected chi connectivity index (χ4v) is 3.01. The third-order valence-electron chi connectivity index (χ3n) is 3.75. The predicted molar refractivity (Wildman–Crippen MR) is 96.4 cm³/mol. The number of aromatic nitrogens is 1. The van der Waals surface area contributed by atoms with Crippen molar-refractivity contribution in [1.29, 1.82) is 0 Å². The first kappa shape index (κ1) is 23.6. The Morgan fingerprint density at radius 3 is 2.43 bits per heavy atom. The minimum absolute atomic E-state index is 0. The Morgan fingerprint density at radius 1 is 1.17 bits per heavy atom. The van der Waals surface area contributed by atoms with Crippen LogP contribution in [0.15, 0.2) is 52.6 Å². The van der Waals surface area contributed by atoms with Crippen molar-refractivity contribution >= 4 is 39.9 Å². The van der Waals surface area contributed by atoms with Gasteiger partial charge in [0.25, 0.3) is 11.8 Å². The van der Waals surface area contributed by atoms with Crippen molar-refractivity contribution in [3.8, 4) is 0 Å². The van der Waals surface area contributed by atoms with Gasteiger partial charge in [-0.05, 0) is 18.2 Å². The number of nitrogens with one attached hydrogen (secondary N) is 1. The minimum atomic E-state index is -4.65. The molecule has 1 aromatic carbocycles. The number of imide groups is 1. The second-order valence-electron chi connectivity index (χ2n) is 5.75. The predicted octanol–water partition coefficient (Wildman–Crippen LogP) is -2.34. The average molecular weight is 440 g/mol. The van der Waals surface area contributed by atoms with Crippen LogP contribution in [0.1, 0.15) is 28.8 Å². The molecule has 0 unspecified atom stereocenters. The number of pyridine rings is 1. The largest absolute Gasteiger partial charge is 1.00 e. The van der Waals surface area contributed by atoms with Crippen LogP contribution >= 0.6 is 0 Å². The first-order valence-corrected chi connectivity index (χ1v) is 9.54. The maximum atomic E-state index is 12.0.